The third-order valence-corrected chi connectivity index (χ3v) is 5.80. The molecule has 4 rings (SSSR count). The minimum Gasteiger partial charge on any atom is -0.493 e. The fourth-order valence-corrected chi connectivity index (χ4v) is 4.45. The smallest absolute Gasteiger partial charge is 0.249 e. The van der Waals surface area contributed by atoms with Crippen LogP contribution < -0.4 is 20.9 Å². The predicted molar refractivity (Wildman–Crippen MR) is 104 cm³/mol. The molecule has 0 spiro atoms. The lowest BCUT2D eigenvalue weighted by Crippen LogP contribution is -2.40. The van der Waals surface area contributed by atoms with Crippen LogP contribution in [0.4, 0.5) is 0 Å². The molecule has 2 aliphatic heterocycles. The van der Waals surface area contributed by atoms with Gasteiger partial charge in [-0.25, -0.2) is 0 Å². The quantitative estimate of drug-likeness (QED) is 0.836. The SMILES string of the molecule is COc1ccc2c(c1OC)CN1CCc3cc(C(N)=O)c(C(N)=O)cc3C1C2. The Morgan fingerprint density at radius 1 is 1.04 bits per heavy atom. The van der Waals surface area contributed by atoms with E-state index in [1.807, 2.05) is 6.07 Å². The Hall–Kier alpha value is -3.06. The normalized spacial score (nSPS) is 17.9. The summed E-state index contributed by atoms with van der Waals surface area (Å²) in [6, 6.07) is 7.57. The summed E-state index contributed by atoms with van der Waals surface area (Å²) in [5.41, 5.74) is 15.7. The number of hydrogen-bond acceptors (Lipinski definition) is 5. The molecule has 4 N–H and O–H groups in total. The molecule has 28 heavy (non-hydrogen) atoms. The molecule has 0 saturated heterocycles. The zero-order chi connectivity index (χ0) is 20.0. The van der Waals surface area contributed by atoms with Gasteiger partial charge in [0.25, 0.3) is 0 Å². The number of carbonyl (C=O) groups excluding carboxylic acids is 2. The molecule has 0 radical (unpaired) electrons. The van der Waals surface area contributed by atoms with Gasteiger partial charge in [0.1, 0.15) is 0 Å². The number of nitrogens with two attached hydrogens (primary N) is 2. The molecule has 2 aromatic rings. The number of hydrogen-bond donors (Lipinski definition) is 2. The average molecular weight is 381 g/mol. The zero-order valence-corrected chi connectivity index (χ0v) is 16.0. The lowest BCUT2D eigenvalue weighted by atomic mass is 9.82. The van der Waals surface area contributed by atoms with Crippen LogP contribution in [0.5, 0.6) is 11.5 Å². The number of carbonyl (C=O) groups is 2. The van der Waals surface area contributed by atoms with Crippen molar-refractivity contribution in [2.24, 2.45) is 11.5 Å². The van der Waals surface area contributed by atoms with E-state index in [0.29, 0.717) is 0 Å². The molecule has 2 aliphatic rings. The van der Waals surface area contributed by atoms with Crippen molar-refractivity contribution in [3.05, 3.63) is 57.6 Å². The highest BCUT2D eigenvalue weighted by molar-refractivity contribution is 6.06. The Kier molecular flexibility index (Phi) is 4.47. The van der Waals surface area contributed by atoms with Crippen molar-refractivity contribution in [3.8, 4) is 11.5 Å². The molecule has 0 fully saturated rings. The number of fused-ring (bicyclic) bond motifs is 4. The predicted octanol–water partition coefficient (Wildman–Crippen LogP) is 1.56. The molecule has 2 heterocycles. The van der Waals surface area contributed by atoms with Crippen molar-refractivity contribution in [2.75, 3.05) is 20.8 Å². The van der Waals surface area contributed by atoms with Gasteiger partial charge in [0.05, 0.1) is 25.3 Å². The van der Waals surface area contributed by atoms with Crippen molar-refractivity contribution < 1.29 is 19.1 Å². The third kappa shape index (κ3) is 2.79. The van der Waals surface area contributed by atoms with Gasteiger partial charge in [-0.1, -0.05) is 6.07 Å². The number of primary amides is 2. The zero-order valence-electron chi connectivity index (χ0n) is 16.0. The molecule has 0 saturated carbocycles. The summed E-state index contributed by atoms with van der Waals surface area (Å²) in [5, 5.41) is 0. The summed E-state index contributed by atoms with van der Waals surface area (Å²) >= 11 is 0. The topological polar surface area (TPSA) is 108 Å². The Morgan fingerprint density at radius 3 is 2.39 bits per heavy atom. The second kappa shape index (κ2) is 6.83. The first-order valence-corrected chi connectivity index (χ1v) is 9.17. The van der Waals surface area contributed by atoms with Crippen LogP contribution in [-0.2, 0) is 19.4 Å². The molecule has 1 unspecified atom stereocenters. The van der Waals surface area contributed by atoms with E-state index in [4.69, 9.17) is 20.9 Å². The van der Waals surface area contributed by atoms with Crippen molar-refractivity contribution in [1.29, 1.82) is 0 Å². The van der Waals surface area contributed by atoms with Crippen LogP contribution in [0.1, 0.15) is 49.0 Å². The van der Waals surface area contributed by atoms with Gasteiger partial charge in [-0.15, -0.1) is 0 Å². The number of ether oxygens (including phenoxy) is 2. The monoisotopic (exact) mass is 381 g/mol. The fourth-order valence-electron chi connectivity index (χ4n) is 4.45. The second-order valence-electron chi connectivity index (χ2n) is 7.20. The van der Waals surface area contributed by atoms with Gasteiger partial charge in [0.15, 0.2) is 11.5 Å². The minimum absolute atomic E-state index is 0.106. The highest BCUT2D eigenvalue weighted by Crippen LogP contribution is 2.44. The molecular weight excluding hydrogens is 358 g/mol. The van der Waals surface area contributed by atoms with Gasteiger partial charge >= 0.3 is 0 Å². The Labute approximate surface area is 163 Å². The fraction of sp³-hybridized carbons (Fsp3) is 0.333. The van der Waals surface area contributed by atoms with E-state index in [9.17, 15) is 9.59 Å². The molecule has 0 aliphatic carbocycles. The molecule has 2 aromatic carbocycles. The largest absolute Gasteiger partial charge is 0.493 e. The number of methoxy groups -OCH3 is 2. The maximum atomic E-state index is 11.9. The van der Waals surface area contributed by atoms with Crippen LogP contribution in [0.2, 0.25) is 0 Å². The second-order valence-corrected chi connectivity index (χ2v) is 7.20. The van der Waals surface area contributed by atoms with Gasteiger partial charge in [0, 0.05) is 24.7 Å². The number of nitrogens with zero attached hydrogens (tertiary/aromatic N) is 1. The van der Waals surface area contributed by atoms with E-state index in [2.05, 4.69) is 11.0 Å². The first-order chi connectivity index (χ1) is 13.4. The summed E-state index contributed by atoms with van der Waals surface area (Å²) in [6.45, 7) is 1.56. The molecular formula is C21H23N3O4. The van der Waals surface area contributed by atoms with Gasteiger partial charge in [-0.3, -0.25) is 14.5 Å². The summed E-state index contributed by atoms with van der Waals surface area (Å²) in [7, 11) is 3.29. The Balaban J connectivity index is 1.80. The minimum atomic E-state index is -0.642. The van der Waals surface area contributed by atoms with Crippen LogP contribution in [0.25, 0.3) is 0 Å². The van der Waals surface area contributed by atoms with Gasteiger partial charge in [-0.05, 0) is 47.7 Å². The van der Waals surface area contributed by atoms with E-state index in [1.165, 1.54) is 5.56 Å². The third-order valence-electron chi connectivity index (χ3n) is 5.80. The van der Waals surface area contributed by atoms with Crippen LogP contribution in [0.3, 0.4) is 0 Å². The molecule has 7 heteroatoms. The van der Waals surface area contributed by atoms with Crippen LogP contribution in [0, 0.1) is 0 Å². The molecule has 146 valence electrons. The summed E-state index contributed by atoms with van der Waals surface area (Å²) in [4.78, 5) is 26.0. The Morgan fingerprint density at radius 2 is 1.75 bits per heavy atom. The first-order valence-electron chi connectivity index (χ1n) is 9.17. The molecule has 2 amide bonds. The van der Waals surface area contributed by atoms with Gasteiger partial charge in [0.2, 0.25) is 11.8 Å². The van der Waals surface area contributed by atoms with E-state index in [0.717, 1.165) is 54.1 Å². The standard InChI is InChI=1S/C21H23N3O4/c1-27-18-4-3-11-8-17-13-9-15(21(23)26)14(20(22)25)7-12(13)5-6-24(17)10-16(11)19(18)28-2/h3-4,7,9,17H,5-6,8,10H2,1-2H3,(H2,22,25)(H2,23,26). The van der Waals surface area contributed by atoms with Crippen molar-refractivity contribution in [3.63, 3.8) is 0 Å². The highest BCUT2D eigenvalue weighted by atomic mass is 16.5. The lowest BCUT2D eigenvalue weighted by molar-refractivity contribution is 0.0966. The number of benzene rings is 2. The van der Waals surface area contributed by atoms with Crippen LogP contribution in [0.15, 0.2) is 24.3 Å². The number of amides is 2. The van der Waals surface area contributed by atoms with Crippen LogP contribution in [-0.4, -0.2) is 37.5 Å². The molecule has 1 atom stereocenters. The lowest BCUT2D eigenvalue weighted by Gasteiger charge is -2.42. The van der Waals surface area contributed by atoms with Gasteiger partial charge < -0.3 is 20.9 Å². The maximum Gasteiger partial charge on any atom is 0.249 e. The van der Waals surface area contributed by atoms with Crippen molar-refractivity contribution in [1.82, 2.24) is 4.90 Å². The molecule has 0 bridgehead atoms. The number of rotatable bonds is 4. The van der Waals surface area contributed by atoms with E-state index < -0.39 is 11.8 Å². The van der Waals surface area contributed by atoms with Crippen molar-refractivity contribution in [2.45, 2.75) is 25.4 Å². The van der Waals surface area contributed by atoms with E-state index >= 15 is 0 Å². The maximum absolute atomic E-state index is 11.9. The highest BCUT2D eigenvalue weighted by Gasteiger charge is 2.35. The summed E-state index contributed by atoms with van der Waals surface area (Å²) in [5.74, 6) is 0.214. The van der Waals surface area contributed by atoms with E-state index in [1.54, 1.807) is 26.4 Å². The van der Waals surface area contributed by atoms with Crippen molar-refractivity contribution >= 4 is 11.8 Å². The van der Waals surface area contributed by atoms with Gasteiger partial charge in [-0.2, -0.15) is 0 Å². The summed E-state index contributed by atoms with van der Waals surface area (Å²) < 4.78 is 11.0. The molecule has 0 aromatic heterocycles. The van der Waals surface area contributed by atoms with Crippen LogP contribution >= 0.6 is 0 Å². The average Bonchev–Trinajstić information content (AvgIpc) is 2.70. The summed E-state index contributed by atoms with van der Waals surface area (Å²) in [6.07, 6.45) is 1.55. The molecule has 7 nitrogen and oxygen atoms in total. The Bertz CT molecular complexity index is 986. The van der Waals surface area contributed by atoms with E-state index in [-0.39, 0.29) is 17.2 Å². The first kappa shape index (κ1) is 18.3.